The van der Waals surface area contributed by atoms with E-state index >= 15 is 0 Å². The fourth-order valence-electron chi connectivity index (χ4n) is 1.74. The molecule has 1 aromatic carbocycles. The van der Waals surface area contributed by atoms with Crippen molar-refractivity contribution in [2.75, 3.05) is 33.4 Å². The Labute approximate surface area is 117 Å². The predicted molar refractivity (Wildman–Crippen MR) is 72.6 cm³/mol. The van der Waals surface area contributed by atoms with Gasteiger partial charge in [-0.3, -0.25) is 9.69 Å². The zero-order chi connectivity index (χ0) is 15.0. The molecule has 0 saturated carbocycles. The highest BCUT2D eigenvalue weighted by Gasteiger charge is 2.15. The van der Waals surface area contributed by atoms with Gasteiger partial charge in [0.2, 0.25) is 0 Å². The van der Waals surface area contributed by atoms with Crippen LogP contribution in [0.1, 0.15) is 16.8 Å². The van der Waals surface area contributed by atoms with Crippen molar-refractivity contribution >= 4 is 5.78 Å². The van der Waals surface area contributed by atoms with Crippen molar-refractivity contribution in [2.24, 2.45) is 0 Å². The molecule has 0 aromatic heterocycles. The lowest BCUT2D eigenvalue weighted by Gasteiger charge is -2.20. The highest BCUT2D eigenvalue weighted by molar-refractivity contribution is 6.00. The number of ether oxygens (including phenoxy) is 1. The van der Waals surface area contributed by atoms with E-state index in [0.717, 1.165) is 6.07 Å². The molecule has 0 spiro atoms. The Bertz CT molecular complexity index is 496. The van der Waals surface area contributed by atoms with Crippen LogP contribution in [0, 0.1) is 11.3 Å². The maximum absolute atomic E-state index is 12.1. The van der Waals surface area contributed by atoms with E-state index in [1.165, 1.54) is 12.1 Å². The predicted octanol–water partition coefficient (Wildman–Crippen LogP) is 1.14. The van der Waals surface area contributed by atoms with Gasteiger partial charge in [0.25, 0.3) is 0 Å². The SMILES string of the molecule is COCCN(CCC#N)CC(=O)c1ccc(O)cc1O. The van der Waals surface area contributed by atoms with Crippen molar-refractivity contribution in [3.8, 4) is 17.6 Å². The van der Waals surface area contributed by atoms with Gasteiger partial charge in [-0.25, -0.2) is 0 Å². The number of nitriles is 1. The Kier molecular flexibility index (Phi) is 6.50. The van der Waals surface area contributed by atoms with E-state index in [1.54, 1.807) is 12.0 Å². The van der Waals surface area contributed by atoms with E-state index in [2.05, 4.69) is 0 Å². The Morgan fingerprint density at radius 1 is 1.40 bits per heavy atom. The van der Waals surface area contributed by atoms with Gasteiger partial charge in [0.1, 0.15) is 11.5 Å². The van der Waals surface area contributed by atoms with Gasteiger partial charge in [-0.2, -0.15) is 5.26 Å². The first-order valence-electron chi connectivity index (χ1n) is 6.22. The minimum atomic E-state index is -0.267. The molecule has 0 amide bonds. The fourth-order valence-corrected chi connectivity index (χ4v) is 1.74. The minimum absolute atomic E-state index is 0.0867. The fraction of sp³-hybridized carbons (Fsp3) is 0.429. The number of hydrogen-bond donors (Lipinski definition) is 2. The first kappa shape index (κ1) is 16.0. The van der Waals surface area contributed by atoms with Gasteiger partial charge in [0.05, 0.1) is 24.8 Å². The molecule has 0 heterocycles. The molecule has 0 aliphatic carbocycles. The zero-order valence-electron chi connectivity index (χ0n) is 11.4. The molecule has 1 rings (SSSR count). The van der Waals surface area contributed by atoms with E-state index in [9.17, 15) is 15.0 Å². The van der Waals surface area contributed by atoms with Crippen molar-refractivity contribution in [2.45, 2.75) is 6.42 Å². The summed E-state index contributed by atoms with van der Waals surface area (Å²) < 4.78 is 4.96. The van der Waals surface area contributed by atoms with Crippen LogP contribution >= 0.6 is 0 Å². The highest BCUT2D eigenvalue weighted by Crippen LogP contribution is 2.23. The summed E-state index contributed by atoms with van der Waals surface area (Å²) in [4.78, 5) is 13.9. The van der Waals surface area contributed by atoms with Gasteiger partial charge in [0, 0.05) is 32.7 Å². The molecular formula is C14H18N2O4. The molecule has 0 bridgehead atoms. The summed E-state index contributed by atoms with van der Waals surface area (Å²) in [6.45, 7) is 1.54. The number of rotatable bonds is 8. The third-order valence-electron chi connectivity index (χ3n) is 2.80. The van der Waals surface area contributed by atoms with Crippen LogP contribution in [0.2, 0.25) is 0 Å². The third-order valence-corrected chi connectivity index (χ3v) is 2.80. The summed E-state index contributed by atoms with van der Waals surface area (Å²) in [6.07, 6.45) is 0.318. The first-order valence-corrected chi connectivity index (χ1v) is 6.22. The molecular weight excluding hydrogens is 260 g/mol. The van der Waals surface area contributed by atoms with Crippen molar-refractivity contribution in [1.82, 2.24) is 4.90 Å². The van der Waals surface area contributed by atoms with Crippen LogP contribution in [-0.4, -0.2) is 54.2 Å². The number of ketones is 1. The lowest BCUT2D eigenvalue weighted by atomic mass is 10.1. The second-order valence-corrected chi connectivity index (χ2v) is 4.30. The quantitative estimate of drug-likeness (QED) is 0.693. The third kappa shape index (κ3) is 4.88. The Morgan fingerprint density at radius 2 is 2.15 bits per heavy atom. The van der Waals surface area contributed by atoms with Crippen LogP contribution < -0.4 is 0 Å². The normalized spacial score (nSPS) is 10.4. The molecule has 2 N–H and O–H groups in total. The van der Waals surface area contributed by atoms with E-state index in [0.29, 0.717) is 26.1 Å². The number of aromatic hydroxyl groups is 2. The number of phenolic OH excluding ortho intramolecular Hbond substituents is 2. The molecule has 1 aromatic rings. The summed E-state index contributed by atoms with van der Waals surface area (Å²) in [7, 11) is 1.57. The molecule has 20 heavy (non-hydrogen) atoms. The van der Waals surface area contributed by atoms with Crippen molar-refractivity contribution in [3.05, 3.63) is 23.8 Å². The van der Waals surface area contributed by atoms with E-state index in [-0.39, 0.29) is 29.4 Å². The number of Topliss-reactive ketones (excluding diaryl/α,β-unsaturated/α-hetero) is 1. The molecule has 0 unspecified atom stereocenters. The van der Waals surface area contributed by atoms with Crippen LogP contribution in [0.5, 0.6) is 11.5 Å². The summed E-state index contributed by atoms with van der Waals surface area (Å²) in [5.74, 6) is -0.613. The number of phenols is 2. The van der Waals surface area contributed by atoms with E-state index in [4.69, 9.17) is 10.00 Å². The number of methoxy groups -OCH3 is 1. The van der Waals surface area contributed by atoms with Gasteiger partial charge in [0.15, 0.2) is 5.78 Å². The van der Waals surface area contributed by atoms with Crippen LogP contribution in [0.3, 0.4) is 0 Å². The zero-order valence-corrected chi connectivity index (χ0v) is 11.4. The van der Waals surface area contributed by atoms with Gasteiger partial charge >= 0.3 is 0 Å². The van der Waals surface area contributed by atoms with E-state index in [1.807, 2.05) is 6.07 Å². The minimum Gasteiger partial charge on any atom is -0.508 e. The van der Waals surface area contributed by atoms with E-state index < -0.39 is 0 Å². The number of nitrogens with zero attached hydrogens (tertiary/aromatic N) is 2. The number of benzene rings is 1. The largest absolute Gasteiger partial charge is 0.508 e. The molecule has 108 valence electrons. The molecule has 0 aliphatic rings. The second-order valence-electron chi connectivity index (χ2n) is 4.30. The topological polar surface area (TPSA) is 93.8 Å². The van der Waals surface area contributed by atoms with Crippen molar-refractivity contribution in [3.63, 3.8) is 0 Å². The summed E-state index contributed by atoms with van der Waals surface area (Å²) in [6, 6.07) is 5.89. The van der Waals surface area contributed by atoms with Crippen LogP contribution in [0.15, 0.2) is 18.2 Å². The van der Waals surface area contributed by atoms with Crippen LogP contribution in [-0.2, 0) is 4.74 Å². The summed E-state index contributed by atoms with van der Waals surface area (Å²) >= 11 is 0. The smallest absolute Gasteiger partial charge is 0.180 e. The van der Waals surface area contributed by atoms with Crippen LogP contribution in [0.4, 0.5) is 0 Å². The average Bonchev–Trinajstić information content (AvgIpc) is 2.41. The second kappa shape index (κ2) is 8.15. The Hall–Kier alpha value is -2.10. The molecule has 0 saturated heterocycles. The number of hydrogen-bond acceptors (Lipinski definition) is 6. The lowest BCUT2D eigenvalue weighted by Crippen LogP contribution is -2.33. The molecule has 0 radical (unpaired) electrons. The standard InChI is InChI=1S/C14H18N2O4/c1-20-8-7-16(6-2-5-15)10-14(19)12-4-3-11(17)9-13(12)18/h3-4,9,17-18H,2,6-8,10H2,1H3. The van der Waals surface area contributed by atoms with Gasteiger partial charge in [-0.05, 0) is 12.1 Å². The maximum Gasteiger partial charge on any atom is 0.180 e. The average molecular weight is 278 g/mol. The lowest BCUT2D eigenvalue weighted by molar-refractivity contribution is 0.0896. The maximum atomic E-state index is 12.1. The van der Waals surface area contributed by atoms with Gasteiger partial charge < -0.3 is 14.9 Å². The monoisotopic (exact) mass is 278 g/mol. The Morgan fingerprint density at radius 3 is 2.75 bits per heavy atom. The molecule has 0 fully saturated rings. The molecule has 0 atom stereocenters. The number of carbonyl (C=O) groups excluding carboxylic acids is 1. The summed E-state index contributed by atoms with van der Waals surface area (Å²) in [5, 5.41) is 27.5. The molecule has 0 aliphatic heterocycles. The van der Waals surface area contributed by atoms with Crippen LogP contribution in [0.25, 0.3) is 0 Å². The van der Waals surface area contributed by atoms with Crippen molar-refractivity contribution in [1.29, 1.82) is 5.26 Å². The molecule has 6 nitrogen and oxygen atoms in total. The Balaban J connectivity index is 2.71. The van der Waals surface area contributed by atoms with Crippen molar-refractivity contribution < 1.29 is 19.7 Å². The highest BCUT2D eigenvalue weighted by atomic mass is 16.5. The summed E-state index contributed by atoms with van der Waals surface area (Å²) in [5.41, 5.74) is 0.155. The molecule has 6 heteroatoms. The first-order chi connectivity index (χ1) is 9.58. The van der Waals surface area contributed by atoms with Gasteiger partial charge in [-0.1, -0.05) is 0 Å². The number of carbonyl (C=O) groups is 1. The van der Waals surface area contributed by atoms with Gasteiger partial charge in [-0.15, -0.1) is 0 Å².